The summed E-state index contributed by atoms with van der Waals surface area (Å²) in [6.45, 7) is 3.57. The first-order valence-corrected chi connectivity index (χ1v) is 9.05. The maximum atomic E-state index is 12.6. The Hall–Kier alpha value is -2.74. The Balaban J connectivity index is 1.47. The number of halogens is 3. The number of methoxy groups -OCH3 is 1. The van der Waals surface area contributed by atoms with E-state index < -0.39 is 11.7 Å². The molecule has 3 rings (SSSR count). The van der Waals surface area contributed by atoms with Crippen molar-refractivity contribution in [1.82, 2.24) is 0 Å². The summed E-state index contributed by atoms with van der Waals surface area (Å²) in [5, 5.41) is 2.67. The second-order valence-electron chi connectivity index (χ2n) is 6.74. The van der Waals surface area contributed by atoms with Crippen LogP contribution in [-0.4, -0.2) is 45.7 Å². The molecular formula is C20H23F3N3O2+. The minimum atomic E-state index is -4.38. The average molecular weight is 394 g/mol. The molecule has 0 spiro atoms. The van der Waals surface area contributed by atoms with E-state index in [1.54, 1.807) is 7.11 Å². The fraction of sp³-hybridized carbons (Fsp3) is 0.350. The van der Waals surface area contributed by atoms with Gasteiger partial charge in [-0.25, -0.2) is 0 Å². The van der Waals surface area contributed by atoms with E-state index in [0.717, 1.165) is 54.6 Å². The number of anilines is 2. The molecule has 0 atom stereocenters. The minimum Gasteiger partial charge on any atom is -0.497 e. The van der Waals surface area contributed by atoms with Crippen LogP contribution in [0.1, 0.15) is 5.56 Å². The minimum absolute atomic E-state index is 0.201. The van der Waals surface area contributed by atoms with Gasteiger partial charge in [-0.05, 0) is 48.5 Å². The number of hydrogen-bond donors (Lipinski definition) is 2. The van der Waals surface area contributed by atoms with Crippen molar-refractivity contribution < 1.29 is 27.6 Å². The maximum absolute atomic E-state index is 12.6. The van der Waals surface area contributed by atoms with E-state index in [9.17, 15) is 18.0 Å². The topological polar surface area (TPSA) is 46.0 Å². The van der Waals surface area contributed by atoms with Crippen molar-refractivity contribution >= 4 is 17.3 Å². The number of nitrogens with zero attached hydrogens (tertiary/aromatic N) is 1. The predicted molar refractivity (Wildman–Crippen MR) is 101 cm³/mol. The monoisotopic (exact) mass is 394 g/mol. The lowest BCUT2D eigenvalue weighted by Crippen LogP contribution is -3.15. The number of rotatable bonds is 5. The maximum Gasteiger partial charge on any atom is 0.416 e. The second kappa shape index (κ2) is 8.52. The summed E-state index contributed by atoms with van der Waals surface area (Å²) in [5.74, 6) is 0.612. The van der Waals surface area contributed by atoms with E-state index in [4.69, 9.17) is 4.74 Å². The largest absolute Gasteiger partial charge is 0.497 e. The summed E-state index contributed by atoms with van der Waals surface area (Å²) in [4.78, 5) is 15.6. The predicted octanol–water partition coefficient (Wildman–Crippen LogP) is 2.06. The number of alkyl halides is 3. The molecule has 2 N–H and O–H groups in total. The second-order valence-corrected chi connectivity index (χ2v) is 6.74. The fourth-order valence-electron chi connectivity index (χ4n) is 3.23. The van der Waals surface area contributed by atoms with Gasteiger partial charge in [0.1, 0.15) is 5.75 Å². The molecule has 0 bridgehead atoms. The molecule has 5 nitrogen and oxygen atoms in total. The van der Waals surface area contributed by atoms with Crippen LogP contribution in [0.15, 0.2) is 48.5 Å². The van der Waals surface area contributed by atoms with Crippen LogP contribution in [-0.2, 0) is 11.0 Å². The first-order chi connectivity index (χ1) is 13.3. The number of carbonyl (C=O) groups is 1. The smallest absolute Gasteiger partial charge is 0.416 e. The van der Waals surface area contributed by atoms with Gasteiger partial charge >= 0.3 is 6.18 Å². The number of benzene rings is 2. The summed E-state index contributed by atoms with van der Waals surface area (Å²) in [6.07, 6.45) is -4.38. The Morgan fingerprint density at radius 3 is 2.21 bits per heavy atom. The molecule has 150 valence electrons. The van der Waals surface area contributed by atoms with E-state index >= 15 is 0 Å². The Kier molecular flexibility index (Phi) is 6.08. The zero-order chi connectivity index (χ0) is 20.1. The molecule has 2 aromatic carbocycles. The zero-order valence-electron chi connectivity index (χ0n) is 15.6. The molecule has 1 aliphatic rings. The number of nitrogens with one attached hydrogen (secondary N) is 2. The molecule has 0 aliphatic carbocycles. The van der Waals surface area contributed by atoms with E-state index in [1.165, 1.54) is 12.1 Å². The zero-order valence-corrected chi connectivity index (χ0v) is 15.6. The number of piperazine rings is 1. The molecule has 8 heteroatoms. The molecular weight excluding hydrogens is 371 g/mol. The van der Waals surface area contributed by atoms with E-state index in [0.29, 0.717) is 5.69 Å². The highest BCUT2D eigenvalue weighted by atomic mass is 19.4. The molecule has 0 unspecified atom stereocenters. The number of hydrogen-bond acceptors (Lipinski definition) is 3. The molecule has 1 amide bonds. The average Bonchev–Trinajstić information content (AvgIpc) is 2.68. The van der Waals surface area contributed by atoms with E-state index in [1.807, 2.05) is 24.3 Å². The third kappa shape index (κ3) is 5.16. The molecule has 2 aromatic rings. The molecule has 1 saturated heterocycles. The Morgan fingerprint density at radius 2 is 1.68 bits per heavy atom. The molecule has 0 saturated carbocycles. The lowest BCUT2D eigenvalue weighted by atomic mass is 10.2. The molecule has 1 aliphatic heterocycles. The third-order valence-electron chi connectivity index (χ3n) is 4.81. The van der Waals surface area contributed by atoms with Gasteiger partial charge in [0, 0.05) is 11.4 Å². The first-order valence-electron chi connectivity index (χ1n) is 9.05. The van der Waals surface area contributed by atoms with Gasteiger partial charge in [-0.15, -0.1) is 0 Å². The van der Waals surface area contributed by atoms with Crippen molar-refractivity contribution in [1.29, 1.82) is 0 Å². The van der Waals surface area contributed by atoms with Gasteiger partial charge in [0.05, 0.1) is 38.9 Å². The quantitative estimate of drug-likeness (QED) is 0.816. The summed E-state index contributed by atoms with van der Waals surface area (Å²) in [7, 11) is 1.63. The molecule has 1 fully saturated rings. The number of amides is 1. The van der Waals surface area contributed by atoms with Crippen molar-refractivity contribution in [3.8, 4) is 5.75 Å². The standard InChI is InChI=1S/C20H22F3N3O2/c1-28-18-8-6-17(7-9-18)26-12-10-25(11-13-26)14-19(27)24-16-4-2-15(3-5-16)20(21,22)23/h2-9H,10-14H2,1H3,(H,24,27)/p+1. The van der Waals surface area contributed by atoms with Crippen LogP contribution >= 0.6 is 0 Å². The van der Waals surface area contributed by atoms with Crippen LogP contribution in [0, 0.1) is 0 Å². The molecule has 28 heavy (non-hydrogen) atoms. The van der Waals surface area contributed by atoms with Crippen LogP contribution in [0.5, 0.6) is 5.75 Å². The van der Waals surface area contributed by atoms with Gasteiger partial charge in [-0.2, -0.15) is 13.2 Å². The summed E-state index contributed by atoms with van der Waals surface area (Å²) < 4.78 is 42.9. The highest BCUT2D eigenvalue weighted by molar-refractivity contribution is 5.91. The lowest BCUT2D eigenvalue weighted by Gasteiger charge is -2.33. The van der Waals surface area contributed by atoms with Crippen molar-refractivity contribution in [2.24, 2.45) is 0 Å². The van der Waals surface area contributed by atoms with Crippen LogP contribution in [0.25, 0.3) is 0 Å². The van der Waals surface area contributed by atoms with E-state index in [-0.39, 0.29) is 12.5 Å². The van der Waals surface area contributed by atoms with Crippen molar-refractivity contribution in [3.05, 3.63) is 54.1 Å². The van der Waals surface area contributed by atoms with Gasteiger partial charge < -0.3 is 19.9 Å². The van der Waals surface area contributed by atoms with Crippen LogP contribution < -0.4 is 19.9 Å². The van der Waals surface area contributed by atoms with E-state index in [2.05, 4.69) is 10.2 Å². The number of ether oxygens (including phenoxy) is 1. The number of quaternary nitrogens is 1. The SMILES string of the molecule is COc1ccc(N2CC[NH+](CC(=O)Nc3ccc(C(F)(F)F)cc3)CC2)cc1. The lowest BCUT2D eigenvalue weighted by molar-refractivity contribution is -0.892. The first kappa shape index (κ1) is 20.0. The van der Waals surface area contributed by atoms with Crippen molar-refractivity contribution in [2.45, 2.75) is 6.18 Å². The van der Waals surface area contributed by atoms with Crippen molar-refractivity contribution in [2.75, 3.05) is 50.1 Å². The molecule has 1 heterocycles. The molecule has 0 aromatic heterocycles. The van der Waals surface area contributed by atoms with Crippen LogP contribution in [0.3, 0.4) is 0 Å². The summed E-state index contributed by atoms with van der Waals surface area (Å²) in [6, 6.07) is 12.4. The fourth-order valence-corrected chi connectivity index (χ4v) is 3.23. The summed E-state index contributed by atoms with van der Waals surface area (Å²) in [5.41, 5.74) is 0.758. The van der Waals surface area contributed by atoms with Gasteiger partial charge in [0.25, 0.3) is 5.91 Å². The van der Waals surface area contributed by atoms with Gasteiger partial charge in [0.15, 0.2) is 6.54 Å². The summed E-state index contributed by atoms with van der Waals surface area (Å²) >= 11 is 0. The Morgan fingerprint density at radius 1 is 1.07 bits per heavy atom. The highest BCUT2D eigenvalue weighted by Gasteiger charge is 2.30. The van der Waals surface area contributed by atoms with Gasteiger partial charge in [-0.3, -0.25) is 4.79 Å². The van der Waals surface area contributed by atoms with Crippen LogP contribution in [0.4, 0.5) is 24.5 Å². The molecule has 0 radical (unpaired) electrons. The van der Waals surface area contributed by atoms with Crippen molar-refractivity contribution in [3.63, 3.8) is 0 Å². The van der Waals surface area contributed by atoms with Gasteiger partial charge in [0.2, 0.25) is 0 Å². The Labute approximate surface area is 161 Å². The number of carbonyl (C=O) groups excluding carboxylic acids is 1. The van der Waals surface area contributed by atoms with Crippen LogP contribution in [0.2, 0.25) is 0 Å². The third-order valence-corrected chi connectivity index (χ3v) is 4.81. The Bertz CT molecular complexity index is 784. The normalized spacial score (nSPS) is 15.4. The highest BCUT2D eigenvalue weighted by Crippen LogP contribution is 2.29. The van der Waals surface area contributed by atoms with Gasteiger partial charge in [-0.1, -0.05) is 0 Å².